The van der Waals surface area contributed by atoms with Crippen molar-refractivity contribution in [2.75, 3.05) is 0 Å². The number of hydrogen-bond donors (Lipinski definition) is 0. The van der Waals surface area contributed by atoms with Crippen LogP contribution in [0.1, 0.15) is 22.3 Å². The number of nitro benzene ring substituents is 1. The second kappa shape index (κ2) is 8.53. The Labute approximate surface area is 220 Å². The highest BCUT2D eigenvalue weighted by Gasteiger charge is 2.47. The largest absolute Gasteiger partial charge is 0.277 e. The van der Waals surface area contributed by atoms with Crippen LogP contribution in [0.5, 0.6) is 0 Å². The molecule has 7 rings (SSSR count). The van der Waals surface area contributed by atoms with E-state index in [4.69, 9.17) is 0 Å². The predicted octanol–water partition coefficient (Wildman–Crippen LogP) is 8.78. The molecule has 0 saturated carbocycles. The van der Waals surface area contributed by atoms with Gasteiger partial charge in [0.2, 0.25) is 0 Å². The van der Waals surface area contributed by atoms with Crippen LogP contribution in [0.15, 0.2) is 140 Å². The minimum Gasteiger partial charge on any atom is -0.258 e. The Morgan fingerprint density at radius 1 is 0.500 bits per heavy atom. The molecule has 0 fully saturated rings. The van der Waals surface area contributed by atoms with E-state index in [2.05, 4.69) is 97.1 Å². The molecule has 6 aromatic rings. The lowest BCUT2D eigenvalue weighted by Crippen LogP contribution is -2.28. The number of rotatable bonds is 4. The maximum Gasteiger partial charge on any atom is 0.277 e. The second-order valence-electron chi connectivity index (χ2n) is 9.69. The number of hydrogen-bond acceptors (Lipinski definition) is 2. The van der Waals surface area contributed by atoms with E-state index in [0.29, 0.717) is 5.56 Å². The topological polar surface area (TPSA) is 43.1 Å². The summed E-state index contributed by atoms with van der Waals surface area (Å²) in [4.78, 5) is 11.8. The lowest BCUT2D eigenvalue weighted by molar-refractivity contribution is -0.384. The molecule has 38 heavy (non-hydrogen) atoms. The van der Waals surface area contributed by atoms with Crippen molar-refractivity contribution >= 4 is 16.5 Å². The van der Waals surface area contributed by atoms with Gasteiger partial charge in [0.15, 0.2) is 0 Å². The van der Waals surface area contributed by atoms with Crippen LogP contribution in [0.3, 0.4) is 0 Å². The summed E-state index contributed by atoms with van der Waals surface area (Å²) in [7, 11) is 0. The molecule has 1 aliphatic carbocycles. The average molecular weight is 490 g/mol. The molecule has 0 spiro atoms. The van der Waals surface area contributed by atoms with E-state index in [1.165, 1.54) is 27.8 Å². The lowest BCUT2D eigenvalue weighted by atomic mass is 9.67. The van der Waals surface area contributed by atoms with E-state index in [1.54, 1.807) is 12.1 Å². The summed E-state index contributed by atoms with van der Waals surface area (Å²) >= 11 is 0. The van der Waals surface area contributed by atoms with E-state index in [-0.39, 0.29) is 10.6 Å². The van der Waals surface area contributed by atoms with Crippen LogP contribution in [0.25, 0.3) is 33.0 Å². The van der Waals surface area contributed by atoms with E-state index >= 15 is 0 Å². The summed E-state index contributed by atoms with van der Waals surface area (Å²) in [5.74, 6) is 0. The SMILES string of the molecule is O=[N+]([O-])c1ccccc1-c1cc2c(c3ccccc13)-c1ccccc1C2(c1ccccc1)c1ccccc1. The standard InChI is InChI=1S/C35H23NO2/c37-36(38)33-22-12-10-18-27(33)30-23-32-34(28-19-8-7-17-26(28)30)29-20-9-11-21-31(29)35(32,24-13-3-1-4-14-24)25-15-5-2-6-16-25/h1-23H. The van der Waals surface area contributed by atoms with Gasteiger partial charge in [-0.25, -0.2) is 0 Å². The van der Waals surface area contributed by atoms with Crippen molar-refractivity contribution in [3.05, 3.63) is 172 Å². The third-order valence-electron chi connectivity index (χ3n) is 7.85. The molecule has 0 atom stereocenters. The molecular formula is C35H23NO2. The van der Waals surface area contributed by atoms with Crippen LogP contribution in [0, 0.1) is 10.1 Å². The van der Waals surface area contributed by atoms with E-state index in [9.17, 15) is 10.1 Å². The van der Waals surface area contributed by atoms with Gasteiger partial charge >= 0.3 is 0 Å². The van der Waals surface area contributed by atoms with Crippen LogP contribution < -0.4 is 0 Å². The average Bonchev–Trinajstić information content (AvgIpc) is 3.29. The number of nitrogens with zero attached hydrogens (tertiary/aromatic N) is 1. The molecule has 180 valence electrons. The Hall–Kier alpha value is -5.02. The highest BCUT2D eigenvalue weighted by Crippen LogP contribution is 2.59. The van der Waals surface area contributed by atoms with Crippen molar-refractivity contribution in [3.8, 4) is 22.3 Å². The maximum atomic E-state index is 12.1. The van der Waals surface area contributed by atoms with E-state index < -0.39 is 5.41 Å². The quantitative estimate of drug-likeness (QED) is 0.183. The molecule has 1 aliphatic rings. The Morgan fingerprint density at radius 3 is 1.68 bits per heavy atom. The molecule has 0 aromatic heterocycles. The van der Waals surface area contributed by atoms with Gasteiger partial charge in [-0.3, -0.25) is 10.1 Å². The highest BCUT2D eigenvalue weighted by atomic mass is 16.6. The number of para-hydroxylation sites is 1. The molecule has 3 heteroatoms. The first-order chi connectivity index (χ1) is 18.7. The zero-order chi connectivity index (χ0) is 25.7. The minimum atomic E-state index is -0.573. The van der Waals surface area contributed by atoms with Gasteiger partial charge in [0.1, 0.15) is 0 Å². The molecule has 0 heterocycles. The third-order valence-corrected chi connectivity index (χ3v) is 7.85. The first-order valence-electron chi connectivity index (χ1n) is 12.7. The smallest absolute Gasteiger partial charge is 0.258 e. The van der Waals surface area contributed by atoms with Crippen molar-refractivity contribution in [1.29, 1.82) is 0 Å². The summed E-state index contributed by atoms with van der Waals surface area (Å²) in [6.45, 7) is 0. The summed E-state index contributed by atoms with van der Waals surface area (Å²) in [6.07, 6.45) is 0. The normalized spacial score (nSPS) is 13.2. The molecule has 0 radical (unpaired) electrons. The van der Waals surface area contributed by atoms with Gasteiger partial charge in [-0.05, 0) is 61.8 Å². The van der Waals surface area contributed by atoms with E-state index in [0.717, 1.165) is 21.9 Å². The van der Waals surface area contributed by atoms with E-state index in [1.807, 2.05) is 30.3 Å². The molecule has 0 bridgehead atoms. The van der Waals surface area contributed by atoms with Crippen molar-refractivity contribution in [2.45, 2.75) is 5.41 Å². The summed E-state index contributed by atoms with van der Waals surface area (Å²) in [5.41, 5.74) is 8.11. The van der Waals surface area contributed by atoms with Crippen molar-refractivity contribution in [3.63, 3.8) is 0 Å². The van der Waals surface area contributed by atoms with Gasteiger partial charge in [-0.2, -0.15) is 0 Å². The minimum absolute atomic E-state index is 0.109. The van der Waals surface area contributed by atoms with Gasteiger partial charge in [-0.15, -0.1) is 0 Å². The number of benzene rings is 6. The maximum absolute atomic E-state index is 12.1. The zero-order valence-electron chi connectivity index (χ0n) is 20.5. The molecular weight excluding hydrogens is 466 g/mol. The van der Waals surface area contributed by atoms with Crippen LogP contribution in [0.4, 0.5) is 5.69 Å². The number of nitro groups is 1. The van der Waals surface area contributed by atoms with Gasteiger partial charge in [0.25, 0.3) is 5.69 Å². The van der Waals surface area contributed by atoms with Crippen LogP contribution >= 0.6 is 0 Å². The first kappa shape index (κ1) is 22.2. The van der Waals surface area contributed by atoms with Gasteiger partial charge in [-0.1, -0.05) is 121 Å². The molecule has 3 nitrogen and oxygen atoms in total. The fourth-order valence-electron chi connectivity index (χ4n) is 6.38. The van der Waals surface area contributed by atoms with Crippen LogP contribution in [-0.4, -0.2) is 4.92 Å². The molecule has 0 N–H and O–H groups in total. The summed E-state index contributed by atoms with van der Waals surface area (Å²) < 4.78 is 0. The third kappa shape index (κ3) is 3.02. The first-order valence-corrected chi connectivity index (χ1v) is 12.7. The monoisotopic (exact) mass is 489 g/mol. The molecule has 0 unspecified atom stereocenters. The van der Waals surface area contributed by atoms with Crippen molar-refractivity contribution in [2.24, 2.45) is 0 Å². The Morgan fingerprint density at radius 2 is 1.03 bits per heavy atom. The molecule has 6 aromatic carbocycles. The zero-order valence-corrected chi connectivity index (χ0v) is 20.5. The predicted molar refractivity (Wildman–Crippen MR) is 153 cm³/mol. The Balaban J connectivity index is 1.71. The van der Waals surface area contributed by atoms with Crippen LogP contribution in [0.2, 0.25) is 0 Å². The molecule has 0 aliphatic heterocycles. The van der Waals surface area contributed by atoms with Crippen molar-refractivity contribution < 1.29 is 4.92 Å². The summed E-state index contributed by atoms with van der Waals surface area (Å²) in [5, 5.41) is 14.2. The Bertz CT molecular complexity index is 1800. The molecule has 0 saturated heterocycles. The van der Waals surface area contributed by atoms with Gasteiger partial charge in [0, 0.05) is 6.07 Å². The van der Waals surface area contributed by atoms with Crippen LogP contribution in [-0.2, 0) is 5.41 Å². The number of fused-ring (bicyclic) bond motifs is 5. The lowest BCUT2D eigenvalue weighted by Gasteiger charge is -2.34. The second-order valence-corrected chi connectivity index (χ2v) is 9.69. The fraction of sp³-hybridized carbons (Fsp3) is 0.0286. The fourth-order valence-corrected chi connectivity index (χ4v) is 6.38. The summed E-state index contributed by atoms with van der Waals surface area (Å²) in [6, 6.07) is 47.4. The van der Waals surface area contributed by atoms with Gasteiger partial charge in [0.05, 0.1) is 15.9 Å². The highest BCUT2D eigenvalue weighted by molar-refractivity contribution is 6.10. The van der Waals surface area contributed by atoms with Crippen molar-refractivity contribution in [1.82, 2.24) is 0 Å². The molecule has 0 amide bonds. The Kier molecular flexibility index (Phi) is 4.98. The van der Waals surface area contributed by atoms with Gasteiger partial charge < -0.3 is 0 Å².